The fourth-order valence-electron chi connectivity index (χ4n) is 2.59. The van der Waals surface area contributed by atoms with E-state index in [1.165, 1.54) is 22.9 Å². The summed E-state index contributed by atoms with van der Waals surface area (Å²) >= 11 is 13.8. The van der Waals surface area contributed by atoms with Gasteiger partial charge in [0.2, 0.25) is 5.91 Å². The number of hydrogen-bond donors (Lipinski definition) is 1. The van der Waals surface area contributed by atoms with Crippen LogP contribution >= 0.6 is 35.0 Å². The van der Waals surface area contributed by atoms with Crippen LogP contribution in [-0.4, -0.2) is 11.7 Å². The number of thioether (sulfide) groups is 1. The van der Waals surface area contributed by atoms with Gasteiger partial charge in [-0.15, -0.1) is 11.8 Å². The van der Waals surface area contributed by atoms with Crippen molar-refractivity contribution in [2.24, 2.45) is 0 Å². The molecule has 0 saturated heterocycles. The van der Waals surface area contributed by atoms with E-state index in [0.29, 0.717) is 21.6 Å². The predicted octanol–water partition coefficient (Wildman–Crippen LogP) is 5.72. The van der Waals surface area contributed by atoms with Crippen LogP contribution in [0, 0.1) is 13.8 Å². The number of rotatable bonds is 6. The van der Waals surface area contributed by atoms with Gasteiger partial charge in [0.1, 0.15) is 0 Å². The van der Waals surface area contributed by atoms with Gasteiger partial charge < -0.3 is 5.32 Å². The predicted molar refractivity (Wildman–Crippen MR) is 105 cm³/mol. The average molecular weight is 382 g/mol. The molecule has 1 atom stereocenters. The Bertz CT molecular complexity index is 713. The minimum Gasteiger partial charge on any atom is -0.349 e. The minimum absolute atomic E-state index is 0.00986. The SMILES string of the molecule is Cc1ccc([C@H](C)NC(=O)CSCc2c(Cl)cccc2Cl)c(C)c1. The van der Waals surface area contributed by atoms with Crippen molar-refractivity contribution >= 4 is 40.9 Å². The molecule has 0 aliphatic heterocycles. The first kappa shape index (κ1) is 19.2. The van der Waals surface area contributed by atoms with Crippen molar-refractivity contribution in [3.05, 3.63) is 68.7 Å². The molecule has 2 rings (SSSR count). The van der Waals surface area contributed by atoms with Gasteiger partial charge in [-0.05, 0) is 49.6 Å². The average Bonchev–Trinajstić information content (AvgIpc) is 2.50. The quantitative estimate of drug-likeness (QED) is 0.692. The first-order valence-corrected chi connectivity index (χ1v) is 9.66. The minimum atomic E-state index is -0.0115. The number of amides is 1. The van der Waals surface area contributed by atoms with Crippen LogP contribution < -0.4 is 5.32 Å². The molecular weight excluding hydrogens is 361 g/mol. The van der Waals surface area contributed by atoms with Crippen molar-refractivity contribution in [2.75, 3.05) is 5.75 Å². The molecule has 24 heavy (non-hydrogen) atoms. The third-order valence-electron chi connectivity index (χ3n) is 3.81. The van der Waals surface area contributed by atoms with Gasteiger partial charge in [0.15, 0.2) is 0 Å². The van der Waals surface area contributed by atoms with Crippen LogP contribution in [-0.2, 0) is 10.5 Å². The van der Waals surface area contributed by atoms with Crippen LogP contribution in [0.15, 0.2) is 36.4 Å². The maximum absolute atomic E-state index is 12.2. The molecule has 128 valence electrons. The van der Waals surface area contributed by atoms with Crippen LogP contribution in [0.25, 0.3) is 0 Å². The molecule has 2 nitrogen and oxygen atoms in total. The monoisotopic (exact) mass is 381 g/mol. The van der Waals surface area contributed by atoms with Crippen LogP contribution in [0.3, 0.4) is 0 Å². The summed E-state index contributed by atoms with van der Waals surface area (Å²) in [4.78, 5) is 12.2. The van der Waals surface area contributed by atoms with E-state index < -0.39 is 0 Å². The van der Waals surface area contributed by atoms with Gasteiger partial charge in [0.25, 0.3) is 0 Å². The highest BCUT2D eigenvalue weighted by Gasteiger charge is 2.12. The van der Waals surface area contributed by atoms with Gasteiger partial charge >= 0.3 is 0 Å². The fourth-order valence-corrected chi connectivity index (χ4v) is 4.16. The number of halogens is 2. The van der Waals surface area contributed by atoms with Crippen molar-refractivity contribution < 1.29 is 4.79 Å². The summed E-state index contributed by atoms with van der Waals surface area (Å²) in [7, 11) is 0. The van der Waals surface area contributed by atoms with Gasteiger partial charge in [-0.2, -0.15) is 0 Å². The smallest absolute Gasteiger partial charge is 0.230 e. The van der Waals surface area contributed by atoms with Crippen molar-refractivity contribution in [3.8, 4) is 0 Å². The second-order valence-electron chi connectivity index (χ2n) is 5.84. The summed E-state index contributed by atoms with van der Waals surface area (Å²) in [6, 6.07) is 11.7. The Hall–Kier alpha value is -1.16. The molecular formula is C19H21Cl2NOS. The zero-order valence-corrected chi connectivity index (χ0v) is 16.4. The highest BCUT2D eigenvalue weighted by Crippen LogP contribution is 2.28. The van der Waals surface area contributed by atoms with Gasteiger partial charge in [0, 0.05) is 15.8 Å². The lowest BCUT2D eigenvalue weighted by molar-refractivity contribution is -0.119. The van der Waals surface area contributed by atoms with Crippen molar-refractivity contribution in [2.45, 2.75) is 32.6 Å². The maximum Gasteiger partial charge on any atom is 0.230 e. The third kappa shape index (κ3) is 5.17. The van der Waals surface area contributed by atoms with E-state index in [0.717, 1.165) is 11.1 Å². The second-order valence-corrected chi connectivity index (χ2v) is 7.64. The summed E-state index contributed by atoms with van der Waals surface area (Å²) in [6.07, 6.45) is 0. The molecule has 1 amide bonds. The van der Waals surface area contributed by atoms with E-state index in [4.69, 9.17) is 23.2 Å². The highest BCUT2D eigenvalue weighted by atomic mass is 35.5. The number of hydrogen-bond acceptors (Lipinski definition) is 2. The summed E-state index contributed by atoms with van der Waals surface area (Å²) in [6.45, 7) is 6.14. The number of benzene rings is 2. The lowest BCUT2D eigenvalue weighted by Gasteiger charge is -2.17. The number of carbonyl (C=O) groups excluding carboxylic acids is 1. The van der Waals surface area contributed by atoms with Crippen LogP contribution in [0.1, 0.15) is 35.2 Å². The van der Waals surface area contributed by atoms with Crippen LogP contribution in [0.2, 0.25) is 10.0 Å². The second kappa shape index (κ2) is 8.80. The number of carbonyl (C=O) groups is 1. The Balaban J connectivity index is 1.87. The molecule has 0 heterocycles. The van der Waals surface area contributed by atoms with E-state index in [-0.39, 0.29) is 11.9 Å². The Morgan fingerprint density at radius 1 is 1.17 bits per heavy atom. The summed E-state index contributed by atoms with van der Waals surface area (Å²) in [5, 5.41) is 4.32. The van der Waals surface area contributed by atoms with Crippen LogP contribution in [0.5, 0.6) is 0 Å². The lowest BCUT2D eigenvalue weighted by Crippen LogP contribution is -2.28. The van der Waals surface area contributed by atoms with Gasteiger partial charge in [-0.3, -0.25) is 4.79 Å². The van der Waals surface area contributed by atoms with E-state index in [1.807, 2.05) is 25.1 Å². The first-order chi connectivity index (χ1) is 11.4. The molecule has 0 spiro atoms. The highest BCUT2D eigenvalue weighted by molar-refractivity contribution is 7.99. The van der Waals surface area contributed by atoms with E-state index in [2.05, 4.69) is 37.4 Å². The molecule has 0 saturated carbocycles. The van der Waals surface area contributed by atoms with E-state index >= 15 is 0 Å². The van der Waals surface area contributed by atoms with Gasteiger partial charge in [0.05, 0.1) is 11.8 Å². The summed E-state index contributed by atoms with van der Waals surface area (Å²) in [5.74, 6) is 0.997. The molecule has 0 fully saturated rings. The van der Waals surface area contributed by atoms with Gasteiger partial charge in [-0.1, -0.05) is 53.0 Å². The Morgan fingerprint density at radius 3 is 2.46 bits per heavy atom. The molecule has 5 heteroatoms. The van der Waals surface area contributed by atoms with Crippen LogP contribution in [0.4, 0.5) is 0 Å². The molecule has 0 bridgehead atoms. The van der Waals surface area contributed by atoms with E-state index in [1.54, 1.807) is 0 Å². The number of aryl methyl sites for hydroxylation is 2. The summed E-state index contributed by atoms with van der Waals surface area (Å²) < 4.78 is 0. The van der Waals surface area contributed by atoms with Crippen molar-refractivity contribution in [1.29, 1.82) is 0 Å². The molecule has 1 N–H and O–H groups in total. The fraction of sp³-hybridized carbons (Fsp3) is 0.316. The zero-order chi connectivity index (χ0) is 17.7. The third-order valence-corrected chi connectivity index (χ3v) is 5.48. The molecule has 0 unspecified atom stereocenters. The lowest BCUT2D eigenvalue weighted by atomic mass is 10.0. The van der Waals surface area contributed by atoms with Crippen molar-refractivity contribution in [3.63, 3.8) is 0 Å². The molecule has 0 aliphatic carbocycles. The molecule has 0 aliphatic rings. The van der Waals surface area contributed by atoms with Gasteiger partial charge in [-0.25, -0.2) is 0 Å². The Kier molecular flexibility index (Phi) is 7.02. The normalized spacial score (nSPS) is 12.0. The molecule has 2 aromatic rings. The molecule has 0 aromatic heterocycles. The summed E-state index contributed by atoms with van der Waals surface area (Å²) in [5.41, 5.74) is 4.44. The largest absolute Gasteiger partial charge is 0.349 e. The van der Waals surface area contributed by atoms with Crippen molar-refractivity contribution in [1.82, 2.24) is 5.32 Å². The molecule has 0 radical (unpaired) electrons. The standard InChI is InChI=1S/C19H21Cl2NOS/c1-12-7-8-15(13(2)9-12)14(3)22-19(23)11-24-10-16-17(20)5-4-6-18(16)21/h4-9,14H,10-11H2,1-3H3,(H,22,23)/t14-/m0/s1. The number of nitrogens with one attached hydrogen (secondary N) is 1. The maximum atomic E-state index is 12.2. The Labute approximate surface area is 157 Å². The Morgan fingerprint density at radius 2 is 1.83 bits per heavy atom. The topological polar surface area (TPSA) is 29.1 Å². The first-order valence-electron chi connectivity index (χ1n) is 7.75. The molecule has 2 aromatic carbocycles. The zero-order valence-electron chi connectivity index (χ0n) is 14.0. The van der Waals surface area contributed by atoms with E-state index in [9.17, 15) is 4.79 Å².